The zero-order valence-electron chi connectivity index (χ0n) is 9.10. The molecule has 0 fully saturated rings. The fourth-order valence-corrected chi connectivity index (χ4v) is 1.51. The van der Waals surface area contributed by atoms with Gasteiger partial charge in [-0.2, -0.15) is 0 Å². The lowest BCUT2D eigenvalue weighted by Gasteiger charge is -2.12. The van der Waals surface area contributed by atoms with Gasteiger partial charge in [-0.3, -0.25) is 0 Å². The third-order valence-corrected chi connectivity index (χ3v) is 2.49. The molecule has 0 radical (unpaired) electrons. The summed E-state index contributed by atoms with van der Waals surface area (Å²) in [6, 6.07) is 0. The molecule has 0 N–H and O–H groups in total. The molecule has 0 bridgehead atoms. The lowest BCUT2D eigenvalue weighted by Crippen LogP contribution is -2.05. The Balaban J connectivity index is 3.18. The number of methoxy groups -OCH3 is 1. The molecule has 0 aliphatic rings. The van der Waals surface area contributed by atoms with E-state index in [1.165, 1.54) is 32.1 Å². The van der Waals surface area contributed by atoms with Crippen LogP contribution in [0.1, 0.15) is 52.9 Å². The Bertz CT molecular complexity index is 91.0. The van der Waals surface area contributed by atoms with Gasteiger partial charge in [0.05, 0.1) is 6.10 Å². The molecule has 0 saturated heterocycles. The van der Waals surface area contributed by atoms with Crippen LogP contribution in [0, 0.1) is 5.92 Å². The molecule has 0 aliphatic heterocycles. The minimum Gasteiger partial charge on any atom is -0.382 e. The maximum atomic E-state index is 5.19. The van der Waals surface area contributed by atoms with Gasteiger partial charge >= 0.3 is 0 Å². The van der Waals surface area contributed by atoms with Crippen molar-refractivity contribution < 1.29 is 4.74 Å². The first-order valence-electron chi connectivity index (χ1n) is 5.23. The van der Waals surface area contributed by atoms with Crippen molar-refractivity contribution in [2.24, 2.45) is 5.92 Å². The van der Waals surface area contributed by atoms with Gasteiger partial charge in [0, 0.05) is 7.11 Å². The van der Waals surface area contributed by atoms with Crippen molar-refractivity contribution in [1.29, 1.82) is 0 Å². The maximum Gasteiger partial charge on any atom is 0.0543 e. The molecule has 0 heterocycles. The Hall–Kier alpha value is -0.0400. The molecule has 0 saturated carbocycles. The molecular weight excluding hydrogens is 148 g/mol. The van der Waals surface area contributed by atoms with Gasteiger partial charge in [0.1, 0.15) is 0 Å². The van der Waals surface area contributed by atoms with E-state index >= 15 is 0 Å². The molecule has 1 heteroatoms. The molecule has 0 rings (SSSR count). The second kappa shape index (κ2) is 7.60. The predicted octanol–water partition coefficient (Wildman–Crippen LogP) is 3.63. The van der Waals surface area contributed by atoms with Gasteiger partial charge in [0.15, 0.2) is 0 Å². The van der Waals surface area contributed by atoms with Crippen LogP contribution in [0.5, 0.6) is 0 Å². The van der Waals surface area contributed by atoms with Crippen LogP contribution in [0.25, 0.3) is 0 Å². The van der Waals surface area contributed by atoms with Crippen molar-refractivity contribution in [2.75, 3.05) is 7.11 Å². The highest BCUT2D eigenvalue weighted by Crippen LogP contribution is 2.14. The average Bonchev–Trinajstić information content (AvgIpc) is 2.04. The van der Waals surface area contributed by atoms with Gasteiger partial charge in [0.25, 0.3) is 0 Å². The molecule has 0 aliphatic carbocycles. The van der Waals surface area contributed by atoms with E-state index in [0.717, 1.165) is 5.92 Å². The molecule has 2 unspecified atom stereocenters. The van der Waals surface area contributed by atoms with Crippen LogP contribution in [0.4, 0.5) is 0 Å². The zero-order chi connectivity index (χ0) is 9.40. The van der Waals surface area contributed by atoms with E-state index in [0.29, 0.717) is 6.10 Å². The van der Waals surface area contributed by atoms with E-state index < -0.39 is 0 Å². The summed E-state index contributed by atoms with van der Waals surface area (Å²) in [5, 5.41) is 0. The zero-order valence-corrected chi connectivity index (χ0v) is 9.10. The first-order valence-corrected chi connectivity index (χ1v) is 5.23. The van der Waals surface area contributed by atoms with Gasteiger partial charge in [-0.15, -0.1) is 0 Å². The van der Waals surface area contributed by atoms with Crippen molar-refractivity contribution >= 4 is 0 Å². The highest BCUT2D eigenvalue weighted by atomic mass is 16.5. The largest absolute Gasteiger partial charge is 0.382 e. The fraction of sp³-hybridized carbons (Fsp3) is 1.00. The first kappa shape index (κ1) is 12.0. The summed E-state index contributed by atoms with van der Waals surface area (Å²) in [6.45, 7) is 6.75. The van der Waals surface area contributed by atoms with E-state index in [4.69, 9.17) is 4.74 Å². The lowest BCUT2D eigenvalue weighted by atomic mass is 9.98. The number of ether oxygens (including phenoxy) is 1. The summed E-state index contributed by atoms with van der Waals surface area (Å²) in [4.78, 5) is 0. The Kier molecular flexibility index (Phi) is 7.58. The SMILES string of the molecule is CCCC(C)CCCC(C)OC. The summed E-state index contributed by atoms with van der Waals surface area (Å²) < 4.78 is 5.19. The van der Waals surface area contributed by atoms with Gasteiger partial charge in [-0.05, 0) is 19.3 Å². The standard InChI is InChI=1S/C11H24O/c1-5-7-10(2)8-6-9-11(3)12-4/h10-11H,5-9H2,1-4H3. The highest BCUT2D eigenvalue weighted by Gasteiger charge is 2.03. The molecule has 0 spiro atoms. The van der Waals surface area contributed by atoms with Crippen LogP contribution in [0.2, 0.25) is 0 Å². The molecule has 12 heavy (non-hydrogen) atoms. The summed E-state index contributed by atoms with van der Waals surface area (Å²) in [5.74, 6) is 0.902. The van der Waals surface area contributed by atoms with Crippen molar-refractivity contribution in [3.63, 3.8) is 0 Å². The van der Waals surface area contributed by atoms with Crippen molar-refractivity contribution in [3.8, 4) is 0 Å². The fourth-order valence-electron chi connectivity index (χ4n) is 1.51. The molecule has 0 aromatic carbocycles. The monoisotopic (exact) mass is 172 g/mol. The Labute approximate surface area is 77.5 Å². The second-order valence-corrected chi connectivity index (χ2v) is 3.87. The molecule has 0 amide bonds. The minimum atomic E-state index is 0.443. The molecule has 74 valence electrons. The van der Waals surface area contributed by atoms with E-state index in [-0.39, 0.29) is 0 Å². The topological polar surface area (TPSA) is 9.23 Å². The van der Waals surface area contributed by atoms with Crippen LogP contribution in [0.3, 0.4) is 0 Å². The summed E-state index contributed by atoms with van der Waals surface area (Å²) in [6.07, 6.45) is 7.03. The maximum absolute atomic E-state index is 5.19. The van der Waals surface area contributed by atoms with Gasteiger partial charge in [0.2, 0.25) is 0 Å². The average molecular weight is 172 g/mol. The van der Waals surface area contributed by atoms with Crippen molar-refractivity contribution in [2.45, 2.75) is 59.0 Å². The smallest absolute Gasteiger partial charge is 0.0543 e. The number of rotatable bonds is 7. The van der Waals surface area contributed by atoms with Crippen molar-refractivity contribution in [3.05, 3.63) is 0 Å². The Morgan fingerprint density at radius 2 is 1.75 bits per heavy atom. The summed E-state index contributed by atoms with van der Waals surface area (Å²) in [5.41, 5.74) is 0. The molecule has 0 aromatic heterocycles. The first-order chi connectivity index (χ1) is 5.70. The highest BCUT2D eigenvalue weighted by molar-refractivity contribution is 4.55. The van der Waals surface area contributed by atoms with Crippen LogP contribution >= 0.6 is 0 Å². The second-order valence-electron chi connectivity index (χ2n) is 3.87. The van der Waals surface area contributed by atoms with Crippen LogP contribution in [-0.4, -0.2) is 13.2 Å². The van der Waals surface area contributed by atoms with Crippen LogP contribution in [-0.2, 0) is 4.74 Å². The Morgan fingerprint density at radius 3 is 2.25 bits per heavy atom. The normalized spacial score (nSPS) is 16.0. The van der Waals surface area contributed by atoms with E-state index in [9.17, 15) is 0 Å². The van der Waals surface area contributed by atoms with E-state index in [2.05, 4.69) is 20.8 Å². The third-order valence-electron chi connectivity index (χ3n) is 2.49. The van der Waals surface area contributed by atoms with Crippen LogP contribution in [0.15, 0.2) is 0 Å². The molecule has 0 aromatic rings. The molecule has 1 nitrogen and oxygen atoms in total. The Morgan fingerprint density at radius 1 is 1.08 bits per heavy atom. The van der Waals surface area contributed by atoms with E-state index in [1.54, 1.807) is 7.11 Å². The van der Waals surface area contributed by atoms with Gasteiger partial charge in [-0.1, -0.05) is 39.5 Å². The van der Waals surface area contributed by atoms with Gasteiger partial charge in [-0.25, -0.2) is 0 Å². The predicted molar refractivity (Wildman–Crippen MR) is 54.4 cm³/mol. The number of hydrogen-bond acceptors (Lipinski definition) is 1. The van der Waals surface area contributed by atoms with Crippen molar-refractivity contribution in [1.82, 2.24) is 0 Å². The molecule has 2 atom stereocenters. The quantitative estimate of drug-likeness (QED) is 0.570. The summed E-state index contributed by atoms with van der Waals surface area (Å²) >= 11 is 0. The van der Waals surface area contributed by atoms with Crippen LogP contribution < -0.4 is 0 Å². The third kappa shape index (κ3) is 6.66. The van der Waals surface area contributed by atoms with Gasteiger partial charge < -0.3 is 4.74 Å². The molecular formula is C11H24O. The lowest BCUT2D eigenvalue weighted by molar-refractivity contribution is 0.107. The van der Waals surface area contributed by atoms with E-state index in [1.807, 2.05) is 0 Å². The summed E-state index contributed by atoms with van der Waals surface area (Å²) in [7, 11) is 1.79. The number of hydrogen-bond donors (Lipinski definition) is 0. The minimum absolute atomic E-state index is 0.443.